The van der Waals surface area contributed by atoms with E-state index in [9.17, 15) is 4.79 Å². The number of ether oxygens (including phenoxy) is 3. The van der Waals surface area contributed by atoms with Gasteiger partial charge in [-0.05, 0) is 87.5 Å². The number of rotatable bonds is 9. The molecule has 0 unspecified atom stereocenters. The van der Waals surface area contributed by atoms with Crippen molar-refractivity contribution in [3.63, 3.8) is 0 Å². The molecule has 0 aliphatic carbocycles. The molecule has 1 aliphatic rings. The number of nitrogens with one attached hydrogen (secondary N) is 1. The second kappa shape index (κ2) is 13.6. The van der Waals surface area contributed by atoms with Crippen LogP contribution in [0.15, 0.2) is 66.9 Å². The van der Waals surface area contributed by atoms with Gasteiger partial charge in [-0.15, -0.1) is 0 Å². The number of amides is 1. The van der Waals surface area contributed by atoms with Gasteiger partial charge in [-0.3, -0.25) is 4.90 Å². The molecule has 0 saturated carbocycles. The zero-order valence-electron chi connectivity index (χ0n) is 26.3. The summed E-state index contributed by atoms with van der Waals surface area (Å²) in [7, 11) is 5.34. The fraction of sp³-hybridized carbons (Fsp3) is 0.324. The van der Waals surface area contributed by atoms with E-state index < -0.39 is 6.09 Å². The summed E-state index contributed by atoms with van der Waals surface area (Å²) in [5, 5.41) is 3.28. The SMILES string of the molecule is COc1ccc(OC)c(CN(C(=O)Oc2c(C)cc(C)cc2C)c2ccnc(Nc3ccc(N4CCN(C)CC4)cc3)n2)c1. The van der Waals surface area contributed by atoms with Gasteiger partial charge in [0, 0.05) is 49.3 Å². The van der Waals surface area contributed by atoms with Crippen LogP contribution in [0.25, 0.3) is 0 Å². The topological polar surface area (TPSA) is 92.3 Å². The van der Waals surface area contributed by atoms with Crippen molar-refractivity contribution in [3.05, 3.63) is 89.1 Å². The summed E-state index contributed by atoms with van der Waals surface area (Å²) in [6.45, 7) is 10.1. The van der Waals surface area contributed by atoms with Crippen LogP contribution in [0, 0.1) is 20.8 Å². The summed E-state index contributed by atoms with van der Waals surface area (Å²) >= 11 is 0. The van der Waals surface area contributed by atoms with E-state index in [1.807, 2.05) is 63.2 Å². The predicted octanol–water partition coefficient (Wildman–Crippen LogP) is 6.12. The number of anilines is 4. The van der Waals surface area contributed by atoms with Gasteiger partial charge in [0.05, 0.1) is 20.8 Å². The van der Waals surface area contributed by atoms with Gasteiger partial charge in [0.1, 0.15) is 23.1 Å². The third-order valence-electron chi connectivity index (χ3n) is 7.74. The minimum atomic E-state index is -0.578. The molecule has 5 rings (SSSR count). The fourth-order valence-corrected chi connectivity index (χ4v) is 5.39. The molecular formula is C34H40N6O4. The molecule has 1 aliphatic heterocycles. The van der Waals surface area contributed by atoms with Crippen molar-refractivity contribution in [2.75, 3.05) is 62.6 Å². The lowest BCUT2D eigenvalue weighted by Gasteiger charge is -2.34. The first-order chi connectivity index (χ1) is 21.2. The molecule has 1 aromatic heterocycles. The summed E-state index contributed by atoms with van der Waals surface area (Å²) in [6.07, 6.45) is 1.04. The Morgan fingerprint density at radius 2 is 1.61 bits per heavy atom. The van der Waals surface area contributed by atoms with Crippen LogP contribution in [0.2, 0.25) is 0 Å². The molecule has 0 atom stereocenters. The molecule has 4 aromatic rings. The lowest BCUT2D eigenvalue weighted by Crippen LogP contribution is -2.44. The fourth-order valence-electron chi connectivity index (χ4n) is 5.39. The monoisotopic (exact) mass is 596 g/mol. The van der Waals surface area contributed by atoms with Crippen LogP contribution < -0.4 is 29.3 Å². The molecule has 1 saturated heterocycles. The van der Waals surface area contributed by atoms with Gasteiger partial charge in [-0.1, -0.05) is 17.7 Å². The molecule has 0 spiro atoms. The van der Waals surface area contributed by atoms with Crippen LogP contribution in [0.3, 0.4) is 0 Å². The minimum Gasteiger partial charge on any atom is -0.497 e. The highest BCUT2D eigenvalue weighted by Crippen LogP contribution is 2.30. The summed E-state index contributed by atoms with van der Waals surface area (Å²) in [6, 6.07) is 19.4. The maximum Gasteiger partial charge on any atom is 0.421 e. The molecular weight excluding hydrogens is 556 g/mol. The number of carbonyl (C=O) groups is 1. The minimum absolute atomic E-state index is 0.124. The van der Waals surface area contributed by atoms with E-state index in [0.29, 0.717) is 29.0 Å². The number of nitrogens with zero attached hydrogens (tertiary/aromatic N) is 5. The summed E-state index contributed by atoms with van der Waals surface area (Å²) < 4.78 is 17.1. The van der Waals surface area contributed by atoms with Crippen molar-refractivity contribution in [2.24, 2.45) is 0 Å². The first-order valence-corrected chi connectivity index (χ1v) is 14.7. The number of carbonyl (C=O) groups excluding carboxylic acids is 1. The van der Waals surface area contributed by atoms with E-state index in [1.165, 1.54) is 10.6 Å². The van der Waals surface area contributed by atoms with Crippen LogP contribution in [0.5, 0.6) is 17.2 Å². The van der Waals surface area contributed by atoms with Gasteiger partial charge in [-0.2, -0.15) is 4.98 Å². The Balaban J connectivity index is 1.42. The van der Waals surface area contributed by atoms with Crippen LogP contribution in [-0.4, -0.2) is 68.4 Å². The van der Waals surface area contributed by atoms with Gasteiger partial charge in [0.2, 0.25) is 5.95 Å². The molecule has 0 bridgehead atoms. The number of piperazine rings is 1. The number of aromatic nitrogens is 2. The van der Waals surface area contributed by atoms with E-state index in [4.69, 9.17) is 19.2 Å². The number of likely N-dealkylation sites (N-methyl/N-ethyl adjacent to an activating group) is 1. The molecule has 1 N–H and O–H groups in total. The molecule has 230 valence electrons. The van der Waals surface area contributed by atoms with Gasteiger partial charge in [-0.25, -0.2) is 9.78 Å². The molecule has 1 amide bonds. The standard InChI is InChI=1S/C34H40N6O4/c1-23-19-24(2)32(25(3)20-23)44-34(41)40(22-26-21-29(42-5)11-12-30(26)43-6)31-13-14-35-33(37-31)36-27-7-9-28(10-8-27)39-17-15-38(4)16-18-39/h7-14,19-21H,15-18,22H2,1-6H3,(H,35,36,37). The Morgan fingerprint density at radius 1 is 0.909 bits per heavy atom. The van der Waals surface area contributed by atoms with Crippen molar-refractivity contribution in [1.29, 1.82) is 0 Å². The number of hydrogen-bond acceptors (Lipinski definition) is 9. The summed E-state index contributed by atoms with van der Waals surface area (Å²) in [5.41, 5.74) is 5.60. The van der Waals surface area contributed by atoms with E-state index in [-0.39, 0.29) is 6.54 Å². The maximum absolute atomic E-state index is 13.9. The van der Waals surface area contributed by atoms with Gasteiger partial charge in [0.25, 0.3) is 0 Å². The summed E-state index contributed by atoms with van der Waals surface area (Å²) in [5.74, 6) is 2.50. The van der Waals surface area contributed by atoms with Gasteiger partial charge >= 0.3 is 6.09 Å². The Bertz CT molecular complexity index is 1580. The molecule has 1 fully saturated rings. The lowest BCUT2D eigenvalue weighted by molar-refractivity contribution is 0.206. The number of hydrogen-bond donors (Lipinski definition) is 1. The zero-order chi connectivity index (χ0) is 31.2. The van der Waals surface area contributed by atoms with Crippen molar-refractivity contribution in [2.45, 2.75) is 27.3 Å². The van der Waals surface area contributed by atoms with Crippen molar-refractivity contribution >= 4 is 29.2 Å². The normalized spacial score (nSPS) is 13.4. The maximum atomic E-state index is 13.9. The Morgan fingerprint density at radius 3 is 2.27 bits per heavy atom. The Hall–Kier alpha value is -4.83. The van der Waals surface area contributed by atoms with Gasteiger partial charge < -0.3 is 29.3 Å². The number of methoxy groups -OCH3 is 2. The van der Waals surface area contributed by atoms with E-state index in [0.717, 1.165) is 54.1 Å². The highest BCUT2D eigenvalue weighted by molar-refractivity contribution is 5.88. The average Bonchev–Trinajstić information content (AvgIpc) is 3.02. The highest BCUT2D eigenvalue weighted by Gasteiger charge is 2.24. The van der Waals surface area contributed by atoms with E-state index in [1.54, 1.807) is 26.5 Å². The van der Waals surface area contributed by atoms with Crippen molar-refractivity contribution in [3.8, 4) is 17.2 Å². The smallest absolute Gasteiger partial charge is 0.421 e. The van der Waals surface area contributed by atoms with Crippen LogP contribution in [0.1, 0.15) is 22.3 Å². The largest absolute Gasteiger partial charge is 0.497 e. The van der Waals surface area contributed by atoms with Crippen LogP contribution >= 0.6 is 0 Å². The second-order valence-electron chi connectivity index (χ2n) is 11.1. The molecule has 2 heterocycles. The lowest BCUT2D eigenvalue weighted by atomic mass is 10.1. The first-order valence-electron chi connectivity index (χ1n) is 14.7. The average molecular weight is 597 g/mol. The first kappa shape index (κ1) is 30.6. The third kappa shape index (κ3) is 7.20. The second-order valence-corrected chi connectivity index (χ2v) is 11.1. The molecule has 10 heteroatoms. The van der Waals surface area contributed by atoms with Crippen LogP contribution in [0.4, 0.5) is 27.9 Å². The van der Waals surface area contributed by atoms with E-state index in [2.05, 4.69) is 39.3 Å². The molecule has 0 radical (unpaired) electrons. The number of aryl methyl sites for hydroxylation is 3. The Labute approximate surface area is 259 Å². The molecule has 3 aromatic carbocycles. The Kier molecular flexibility index (Phi) is 9.50. The quantitative estimate of drug-likeness (QED) is 0.245. The third-order valence-corrected chi connectivity index (χ3v) is 7.74. The highest BCUT2D eigenvalue weighted by atomic mass is 16.6. The molecule has 10 nitrogen and oxygen atoms in total. The summed E-state index contributed by atoms with van der Waals surface area (Å²) in [4.78, 5) is 29.2. The van der Waals surface area contributed by atoms with Crippen molar-refractivity contribution < 1.29 is 19.0 Å². The van der Waals surface area contributed by atoms with Crippen molar-refractivity contribution in [1.82, 2.24) is 14.9 Å². The molecule has 44 heavy (non-hydrogen) atoms. The number of benzene rings is 3. The predicted molar refractivity (Wildman–Crippen MR) is 174 cm³/mol. The van der Waals surface area contributed by atoms with Crippen LogP contribution in [-0.2, 0) is 6.54 Å². The van der Waals surface area contributed by atoms with E-state index >= 15 is 0 Å². The van der Waals surface area contributed by atoms with Gasteiger partial charge in [0.15, 0.2) is 0 Å². The zero-order valence-corrected chi connectivity index (χ0v) is 26.3.